The summed E-state index contributed by atoms with van der Waals surface area (Å²) in [5.74, 6) is -4.50. The number of nitrogens with zero attached hydrogens (tertiary/aromatic N) is 1. The minimum absolute atomic E-state index is 0.00714. The Labute approximate surface area is 412 Å². The third kappa shape index (κ3) is 19.6. The number of rotatable bonds is 24. The zero-order chi connectivity index (χ0) is 52.1. The lowest BCUT2D eigenvalue weighted by Gasteiger charge is -2.32. The molecule has 1 saturated heterocycles. The highest BCUT2D eigenvalue weighted by atomic mass is 32.3. The zero-order valence-corrected chi connectivity index (χ0v) is 40.7. The van der Waals surface area contributed by atoms with E-state index in [1.54, 1.807) is 6.20 Å². The number of carboxylic acid groups (broad SMARTS) is 1. The summed E-state index contributed by atoms with van der Waals surface area (Å²) >= 11 is 0. The Balaban J connectivity index is 0.00000208. The van der Waals surface area contributed by atoms with Crippen LogP contribution in [-0.4, -0.2) is 136 Å². The second-order valence-electron chi connectivity index (χ2n) is 17.9. The fraction of sp³-hybridized carbons (Fsp3) is 0.532. The van der Waals surface area contributed by atoms with E-state index < -0.39 is 88.1 Å². The molecule has 24 heteroatoms. The molecule has 23 nitrogen and oxygen atoms in total. The average Bonchev–Trinajstić information content (AvgIpc) is 3.98. The number of aromatic nitrogens is 1. The lowest BCUT2D eigenvalue weighted by atomic mass is 9.84. The van der Waals surface area contributed by atoms with E-state index in [0.717, 1.165) is 48.6 Å². The van der Waals surface area contributed by atoms with Crippen molar-refractivity contribution in [3.63, 3.8) is 0 Å². The van der Waals surface area contributed by atoms with Crippen LogP contribution in [0.2, 0.25) is 0 Å². The summed E-state index contributed by atoms with van der Waals surface area (Å²) < 4.78 is 34.1. The Hall–Kier alpha value is -6.63. The van der Waals surface area contributed by atoms with Crippen molar-refractivity contribution in [2.45, 2.75) is 133 Å². The van der Waals surface area contributed by atoms with Gasteiger partial charge in [-0.05, 0) is 74.6 Å². The van der Waals surface area contributed by atoms with E-state index in [9.17, 15) is 38.7 Å². The Kier molecular flexibility index (Phi) is 22.7. The molecule has 2 aliphatic rings. The first-order valence-corrected chi connectivity index (χ1v) is 25.2. The van der Waals surface area contributed by atoms with Gasteiger partial charge < -0.3 is 56.4 Å². The van der Waals surface area contributed by atoms with E-state index in [4.69, 9.17) is 34.7 Å². The van der Waals surface area contributed by atoms with Gasteiger partial charge in [-0.2, -0.15) is 0 Å². The maximum Gasteiger partial charge on any atom is 0.338 e. The van der Waals surface area contributed by atoms with Crippen LogP contribution >= 0.6 is 0 Å². The third-order valence-electron chi connectivity index (χ3n) is 12.4. The van der Waals surface area contributed by atoms with E-state index in [1.807, 2.05) is 54.6 Å². The van der Waals surface area contributed by atoms with Gasteiger partial charge in [0.2, 0.25) is 35.4 Å². The number of carboxylic acids is 1. The van der Waals surface area contributed by atoms with Crippen LogP contribution in [0.1, 0.15) is 95.1 Å². The predicted molar refractivity (Wildman–Crippen MR) is 258 cm³/mol. The number of likely N-dealkylation sites (tertiary alicyclic amines) is 1. The molecule has 2 heterocycles. The Morgan fingerprint density at radius 1 is 0.761 bits per heavy atom. The maximum absolute atomic E-state index is 14.6. The standard InChI is InChI=1S/C47H67N11O8.H2O4S/c1-29(59)53-37(25-30-13-4-2-5-14-30)41(60)54-35(19-10-22-48)45(64)58-24-12-21-40(58)44(63)57-38(26-31-15-6-3-7-16-31)42(61)56-39(27-32-28-52-34-18-9-8-17-33(32)34)43(62)55-36(46(65)66)20-11-23-51-47(49)50;1-5(2,3)4/h2,4-5,8-9,13-14,17-18,28,31,35-40,52H,3,6-7,10-12,15-16,19-27,48H2,1H3,(H,53,59)(H,54,60)(H,55,62)(H,56,61)(H,57,63)(H,65,66)(H4,49,50,51);(H2,1,2,3,4)/p-1/t35-,36-,37-,38+,39-,40-;/m0./s1. The maximum atomic E-state index is 14.6. The first-order valence-electron chi connectivity index (χ1n) is 23.8. The van der Waals surface area contributed by atoms with Gasteiger partial charge in [-0.25, -0.2) is 4.79 Å². The molecule has 1 aliphatic heterocycles. The number of amides is 6. The summed E-state index contributed by atoms with van der Waals surface area (Å²) in [4.78, 5) is 103. The number of H-pyrrole nitrogens is 1. The van der Waals surface area contributed by atoms with Crippen LogP contribution in [0.25, 0.3) is 10.9 Å². The summed E-state index contributed by atoms with van der Waals surface area (Å²) in [7, 11) is -5.17. The Morgan fingerprint density at radius 3 is 1.99 bits per heavy atom. The normalized spacial score (nSPS) is 17.0. The Morgan fingerprint density at radius 2 is 1.35 bits per heavy atom. The van der Waals surface area contributed by atoms with Crippen LogP contribution in [0.3, 0.4) is 0 Å². The summed E-state index contributed by atoms with van der Waals surface area (Å²) in [5, 5.41) is 24.9. The number of benzene rings is 2. The number of carbonyl (C=O) groups is 7. The molecular formula is C47H68N11O12S-. The molecule has 2 aromatic carbocycles. The minimum atomic E-state index is -5.17. The van der Waals surface area contributed by atoms with Crippen LogP contribution in [0, 0.1) is 5.92 Å². The largest absolute Gasteiger partial charge is 0.759 e. The first kappa shape index (κ1) is 57.0. The van der Waals surface area contributed by atoms with Crippen molar-refractivity contribution in [3.05, 3.63) is 71.9 Å². The van der Waals surface area contributed by atoms with Crippen LogP contribution in [0.5, 0.6) is 0 Å². The molecule has 2 fully saturated rings. The quantitative estimate of drug-likeness (QED) is 0.0152. The van der Waals surface area contributed by atoms with Crippen LogP contribution in [-0.2, 0) is 56.8 Å². The molecule has 1 saturated carbocycles. The number of nitrogens with two attached hydrogens (primary N) is 3. The van der Waals surface area contributed by atoms with Crippen molar-refractivity contribution in [2.75, 3.05) is 19.6 Å². The molecule has 0 spiro atoms. The number of hydrogen-bond donors (Lipinski definition) is 11. The number of guanidine groups is 1. The SMILES string of the molecule is CC(=O)N[C@@H](Cc1ccccc1)C(=O)N[C@@H](CCCN)C(=O)N1CCC[C@H]1C(=O)N[C@H](CC1CCCCC1)C(=O)N[C@@H](Cc1c[nH]c2ccccc12)C(=O)N[C@@H](CCC[NH+]=C(N)N)C(=O)O.O=S(=O)([O-])[O-]. The summed E-state index contributed by atoms with van der Waals surface area (Å²) in [6.07, 6.45) is 8.67. The van der Waals surface area contributed by atoms with E-state index in [1.165, 1.54) is 11.8 Å². The number of para-hydroxylation sites is 1. The van der Waals surface area contributed by atoms with E-state index in [2.05, 4.69) is 36.6 Å². The van der Waals surface area contributed by atoms with Gasteiger partial charge in [0.1, 0.15) is 36.3 Å². The molecule has 6 amide bonds. The van der Waals surface area contributed by atoms with E-state index >= 15 is 0 Å². The lowest BCUT2D eigenvalue weighted by Crippen LogP contribution is -2.78. The smallest absolute Gasteiger partial charge is 0.338 e. The van der Waals surface area contributed by atoms with Gasteiger partial charge in [-0.1, -0.05) is 80.6 Å². The molecule has 5 rings (SSSR count). The fourth-order valence-electron chi connectivity index (χ4n) is 8.99. The number of hydrogen-bond acceptors (Lipinski definition) is 12. The van der Waals surface area contributed by atoms with Crippen molar-refractivity contribution in [1.82, 2.24) is 36.5 Å². The third-order valence-corrected chi connectivity index (χ3v) is 12.4. The average molecular weight is 1010 g/mol. The minimum Gasteiger partial charge on any atom is -0.759 e. The van der Waals surface area contributed by atoms with Crippen molar-refractivity contribution in [2.24, 2.45) is 23.1 Å². The number of fused-ring (bicyclic) bond motifs is 1. The van der Waals surface area contributed by atoms with E-state index in [-0.39, 0.29) is 63.6 Å². The molecule has 0 bridgehead atoms. The van der Waals surface area contributed by atoms with Crippen LogP contribution < -0.4 is 48.8 Å². The lowest BCUT2D eigenvalue weighted by molar-refractivity contribution is -0.459. The summed E-state index contributed by atoms with van der Waals surface area (Å²) in [6.45, 7) is 2.07. The highest BCUT2D eigenvalue weighted by Gasteiger charge is 2.40. The van der Waals surface area contributed by atoms with Crippen molar-refractivity contribution < 1.29 is 61.2 Å². The van der Waals surface area contributed by atoms with Gasteiger partial charge in [-0.15, -0.1) is 0 Å². The van der Waals surface area contributed by atoms with Gasteiger partial charge in [0.05, 0.1) is 6.54 Å². The number of aromatic amines is 1. The second kappa shape index (κ2) is 28.3. The molecule has 390 valence electrons. The molecule has 71 heavy (non-hydrogen) atoms. The van der Waals surface area contributed by atoms with Gasteiger partial charge in [0.25, 0.3) is 0 Å². The fourth-order valence-corrected chi connectivity index (χ4v) is 8.99. The Bertz CT molecular complexity index is 2400. The molecule has 1 aromatic heterocycles. The molecule has 1 aliphatic carbocycles. The second-order valence-corrected chi connectivity index (χ2v) is 18.7. The number of nitrogens with one attached hydrogen (secondary N) is 7. The van der Waals surface area contributed by atoms with Crippen LogP contribution in [0.15, 0.2) is 60.8 Å². The van der Waals surface area contributed by atoms with Crippen LogP contribution in [0.4, 0.5) is 0 Å². The first-order chi connectivity index (χ1) is 33.7. The monoisotopic (exact) mass is 1010 g/mol. The highest BCUT2D eigenvalue weighted by Crippen LogP contribution is 2.28. The zero-order valence-electron chi connectivity index (χ0n) is 39.9. The topological polar surface area (TPSA) is 391 Å². The van der Waals surface area contributed by atoms with Gasteiger partial charge in [0, 0.05) is 53.8 Å². The van der Waals surface area contributed by atoms with Gasteiger partial charge in [0.15, 0.2) is 0 Å². The molecule has 14 N–H and O–H groups in total. The summed E-state index contributed by atoms with van der Waals surface area (Å²) in [5.41, 5.74) is 19.1. The van der Waals surface area contributed by atoms with Crippen molar-refractivity contribution in [3.8, 4) is 0 Å². The molecule has 6 atom stereocenters. The summed E-state index contributed by atoms with van der Waals surface area (Å²) in [6, 6.07) is 10.0. The van der Waals surface area contributed by atoms with Crippen molar-refractivity contribution >= 4 is 68.7 Å². The van der Waals surface area contributed by atoms with Gasteiger partial charge >= 0.3 is 11.9 Å². The molecule has 0 unspecified atom stereocenters. The number of carbonyl (C=O) groups excluding carboxylic acids is 6. The highest BCUT2D eigenvalue weighted by molar-refractivity contribution is 7.79. The molecule has 0 radical (unpaired) electrons. The predicted octanol–water partition coefficient (Wildman–Crippen LogP) is -2.02. The van der Waals surface area contributed by atoms with Gasteiger partial charge in [-0.3, -0.25) is 53.6 Å². The molecule has 3 aromatic rings. The number of aliphatic carboxylic acids is 1. The molecular weight excluding hydrogens is 943 g/mol. The van der Waals surface area contributed by atoms with E-state index in [0.29, 0.717) is 31.2 Å². The van der Waals surface area contributed by atoms with Crippen molar-refractivity contribution in [1.29, 1.82) is 0 Å².